The van der Waals surface area contributed by atoms with Crippen molar-refractivity contribution in [3.63, 3.8) is 0 Å². The zero-order chi connectivity index (χ0) is 11.8. The molecule has 0 bridgehead atoms. The molecule has 0 radical (unpaired) electrons. The lowest BCUT2D eigenvalue weighted by molar-refractivity contribution is -0.141. The highest BCUT2D eigenvalue weighted by Crippen LogP contribution is 2.38. The van der Waals surface area contributed by atoms with Crippen LogP contribution in [0.4, 0.5) is 0 Å². The van der Waals surface area contributed by atoms with Crippen LogP contribution in [0.2, 0.25) is 0 Å². The Bertz CT molecular complexity index is 420. The second kappa shape index (κ2) is 4.63. The summed E-state index contributed by atoms with van der Waals surface area (Å²) in [6.07, 6.45) is 1.16. The standard InChI is InChI=1S/C12H15NO2S2/c14-12(15)9-5-13-4-8(9)11-3-7-6-16-2-1-10(7)17-11/h3,8-9,13H,1-2,4-6H2,(H,14,15). The molecule has 3 nitrogen and oxygen atoms in total. The molecule has 1 fully saturated rings. The Kier molecular flexibility index (Phi) is 3.15. The number of rotatable bonds is 2. The van der Waals surface area contributed by atoms with E-state index in [0.29, 0.717) is 6.54 Å². The Balaban J connectivity index is 1.88. The van der Waals surface area contributed by atoms with Crippen LogP contribution in [0.3, 0.4) is 0 Å². The highest BCUT2D eigenvalue weighted by atomic mass is 32.2. The molecule has 3 heterocycles. The Morgan fingerprint density at radius 3 is 3.12 bits per heavy atom. The van der Waals surface area contributed by atoms with Crippen LogP contribution in [0.15, 0.2) is 6.07 Å². The Morgan fingerprint density at radius 2 is 2.35 bits per heavy atom. The van der Waals surface area contributed by atoms with Gasteiger partial charge in [0, 0.05) is 34.5 Å². The van der Waals surface area contributed by atoms with Gasteiger partial charge in [-0.1, -0.05) is 0 Å². The summed E-state index contributed by atoms with van der Waals surface area (Å²) >= 11 is 3.81. The number of thiophene rings is 1. The molecule has 17 heavy (non-hydrogen) atoms. The van der Waals surface area contributed by atoms with E-state index in [1.807, 2.05) is 23.1 Å². The summed E-state index contributed by atoms with van der Waals surface area (Å²) < 4.78 is 0. The van der Waals surface area contributed by atoms with Gasteiger partial charge in [-0.25, -0.2) is 0 Å². The summed E-state index contributed by atoms with van der Waals surface area (Å²) in [6, 6.07) is 2.25. The van der Waals surface area contributed by atoms with Crippen molar-refractivity contribution in [2.24, 2.45) is 5.92 Å². The predicted octanol–water partition coefficient (Wildman–Crippen LogP) is 1.92. The van der Waals surface area contributed by atoms with Crippen molar-refractivity contribution in [1.82, 2.24) is 5.32 Å². The van der Waals surface area contributed by atoms with Gasteiger partial charge in [-0.3, -0.25) is 4.79 Å². The van der Waals surface area contributed by atoms with Gasteiger partial charge in [0.2, 0.25) is 0 Å². The Hall–Kier alpha value is -0.520. The molecule has 0 amide bonds. The third kappa shape index (κ3) is 2.11. The van der Waals surface area contributed by atoms with Gasteiger partial charge in [0.1, 0.15) is 0 Å². The normalized spacial score (nSPS) is 28.0. The SMILES string of the molecule is O=C(O)C1CNCC1c1cc2c(s1)CCSC2. The van der Waals surface area contributed by atoms with Crippen LogP contribution < -0.4 is 5.32 Å². The second-order valence-electron chi connectivity index (χ2n) is 4.61. The fourth-order valence-electron chi connectivity index (χ4n) is 2.59. The molecule has 0 saturated carbocycles. The fourth-order valence-corrected chi connectivity index (χ4v) is 5.13. The molecule has 0 aliphatic carbocycles. The van der Waals surface area contributed by atoms with Crippen LogP contribution in [0, 0.1) is 5.92 Å². The summed E-state index contributed by atoms with van der Waals surface area (Å²) in [7, 11) is 0. The zero-order valence-electron chi connectivity index (χ0n) is 9.44. The molecule has 2 aliphatic rings. The maximum Gasteiger partial charge on any atom is 0.308 e. The summed E-state index contributed by atoms with van der Waals surface area (Å²) in [5.74, 6) is 1.57. The average Bonchev–Trinajstić information content (AvgIpc) is 2.95. The van der Waals surface area contributed by atoms with Crippen LogP contribution in [-0.4, -0.2) is 29.9 Å². The molecule has 1 saturated heterocycles. The fraction of sp³-hybridized carbons (Fsp3) is 0.583. The molecule has 5 heteroatoms. The number of hydrogen-bond donors (Lipinski definition) is 2. The second-order valence-corrected chi connectivity index (χ2v) is 6.88. The molecule has 3 rings (SSSR count). The van der Waals surface area contributed by atoms with Crippen molar-refractivity contribution in [3.8, 4) is 0 Å². The highest BCUT2D eigenvalue weighted by Gasteiger charge is 2.35. The topological polar surface area (TPSA) is 49.3 Å². The van der Waals surface area contributed by atoms with Crippen molar-refractivity contribution >= 4 is 29.1 Å². The van der Waals surface area contributed by atoms with Crippen molar-refractivity contribution < 1.29 is 9.90 Å². The molecular weight excluding hydrogens is 254 g/mol. The molecule has 92 valence electrons. The van der Waals surface area contributed by atoms with E-state index in [9.17, 15) is 9.90 Å². The molecule has 2 N–H and O–H groups in total. The lowest BCUT2D eigenvalue weighted by Crippen LogP contribution is -2.20. The van der Waals surface area contributed by atoms with Crippen LogP contribution in [0.25, 0.3) is 0 Å². The number of fused-ring (bicyclic) bond motifs is 1. The first-order chi connectivity index (χ1) is 8.25. The van der Waals surface area contributed by atoms with E-state index < -0.39 is 5.97 Å². The summed E-state index contributed by atoms with van der Waals surface area (Å²) in [5.41, 5.74) is 1.44. The number of thioether (sulfide) groups is 1. The zero-order valence-corrected chi connectivity index (χ0v) is 11.1. The lowest BCUT2D eigenvalue weighted by atomic mass is 9.94. The van der Waals surface area contributed by atoms with E-state index in [0.717, 1.165) is 18.7 Å². The molecule has 2 unspecified atom stereocenters. The maximum atomic E-state index is 11.2. The molecular formula is C12H15NO2S2. The summed E-state index contributed by atoms with van der Waals surface area (Å²) in [6.45, 7) is 1.42. The molecule has 2 aliphatic heterocycles. The van der Waals surface area contributed by atoms with Gasteiger partial charge in [-0.15, -0.1) is 11.3 Å². The van der Waals surface area contributed by atoms with Gasteiger partial charge < -0.3 is 10.4 Å². The monoisotopic (exact) mass is 269 g/mol. The average molecular weight is 269 g/mol. The quantitative estimate of drug-likeness (QED) is 0.861. The van der Waals surface area contributed by atoms with E-state index >= 15 is 0 Å². The third-order valence-corrected chi connectivity index (χ3v) is 5.92. The number of hydrogen-bond acceptors (Lipinski definition) is 4. The Labute approximate surface area is 109 Å². The lowest BCUT2D eigenvalue weighted by Gasteiger charge is -2.12. The van der Waals surface area contributed by atoms with Gasteiger partial charge in [-0.2, -0.15) is 11.8 Å². The number of nitrogens with one attached hydrogen (secondary N) is 1. The predicted molar refractivity (Wildman–Crippen MR) is 70.9 cm³/mol. The van der Waals surface area contributed by atoms with Crippen LogP contribution in [0.5, 0.6) is 0 Å². The van der Waals surface area contributed by atoms with Crippen molar-refractivity contribution in [1.29, 1.82) is 0 Å². The van der Waals surface area contributed by atoms with Gasteiger partial charge in [0.25, 0.3) is 0 Å². The van der Waals surface area contributed by atoms with E-state index in [1.165, 1.54) is 21.1 Å². The maximum absolute atomic E-state index is 11.2. The van der Waals surface area contributed by atoms with Crippen LogP contribution in [-0.2, 0) is 17.0 Å². The van der Waals surface area contributed by atoms with E-state index in [-0.39, 0.29) is 11.8 Å². The minimum absolute atomic E-state index is 0.174. The van der Waals surface area contributed by atoms with Gasteiger partial charge >= 0.3 is 5.97 Å². The van der Waals surface area contributed by atoms with E-state index in [1.54, 1.807) is 0 Å². The summed E-state index contributed by atoms with van der Waals surface area (Å²) in [4.78, 5) is 13.9. The van der Waals surface area contributed by atoms with Crippen molar-refractivity contribution in [2.45, 2.75) is 18.1 Å². The third-order valence-electron chi connectivity index (χ3n) is 3.54. The minimum Gasteiger partial charge on any atom is -0.481 e. The van der Waals surface area contributed by atoms with Crippen molar-refractivity contribution in [2.75, 3.05) is 18.8 Å². The number of aliphatic carboxylic acids is 1. The minimum atomic E-state index is -0.666. The smallest absolute Gasteiger partial charge is 0.308 e. The van der Waals surface area contributed by atoms with Gasteiger partial charge in [0.15, 0.2) is 0 Å². The number of carboxylic acids is 1. The number of aryl methyl sites for hydroxylation is 1. The molecule has 0 spiro atoms. The van der Waals surface area contributed by atoms with Gasteiger partial charge in [-0.05, 0) is 23.8 Å². The highest BCUT2D eigenvalue weighted by molar-refractivity contribution is 7.98. The first-order valence-corrected chi connectivity index (χ1v) is 7.85. The molecule has 2 atom stereocenters. The van der Waals surface area contributed by atoms with Gasteiger partial charge in [0.05, 0.1) is 5.92 Å². The van der Waals surface area contributed by atoms with Crippen LogP contribution >= 0.6 is 23.1 Å². The molecule has 1 aromatic heterocycles. The summed E-state index contributed by atoms with van der Waals surface area (Å²) in [5, 5.41) is 12.4. The molecule has 0 aromatic carbocycles. The van der Waals surface area contributed by atoms with Crippen molar-refractivity contribution in [3.05, 3.63) is 21.4 Å². The first kappa shape index (κ1) is 11.6. The largest absolute Gasteiger partial charge is 0.481 e. The van der Waals surface area contributed by atoms with E-state index in [2.05, 4.69) is 11.4 Å². The molecule has 1 aromatic rings. The first-order valence-electron chi connectivity index (χ1n) is 5.88. The number of carbonyl (C=O) groups is 1. The van der Waals surface area contributed by atoms with Crippen LogP contribution in [0.1, 0.15) is 21.2 Å². The van der Waals surface area contributed by atoms with E-state index in [4.69, 9.17) is 0 Å². The number of carboxylic acid groups (broad SMARTS) is 1. The Morgan fingerprint density at radius 1 is 1.47 bits per heavy atom.